The third-order valence-electron chi connectivity index (χ3n) is 2.14. The average Bonchev–Trinajstić information content (AvgIpc) is 2.37. The molecule has 20 heavy (non-hydrogen) atoms. The first-order valence-electron chi connectivity index (χ1n) is 5.02. The van der Waals surface area contributed by atoms with Gasteiger partial charge in [0.25, 0.3) is 0 Å². The lowest BCUT2D eigenvalue weighted by Gasteiger charge is -2.09. The summed E-state index contributed by atoms with van der Waals surface area (Å²) in [5.74, 6) is 0. The van der Waals surface area contributed by atoms with Crippen molar-refractivity contribution in [1.29, 1.82) is 0 Å². The maximum atomic E-state index is 6.28. The summed E-state index contributed by atoms with van der Waals surface area (Å²) in [6, 6.07) is 7.79. The van der Waals surface area contributed by atoms with Crippen molar-refractivity contribution in [2.45, 2.75) is 9.79 Å². The molecule has 0 saturated heterocycles. The molecule has 0 aliphatic heterocycles. The largest absolute Gasteiger partial charge is 0.0818 e. The predicted molar refractivity (Wildman–Crippen MR) is 105 cm³/mol. The van der Waals surface area contributed by atoms with Crippen LogP contribution in [0.3, 0.4) is 0 Å². The molecule has 0 amide bonds. The maximum absolute atomic E-state index is 6.28. The fourth-order valence-corrected chi connectivity index (χ4v) is 7.24. The van der Waals surface area contributed by atoms with E-state index in [0.717, 1.165) is 27.7 Å². The van der Waals surface area contributed by atoms with Gasteiger partial charge in [0.1, 0.15) is 0 Å². The minimum absolute atomic E-state index is 0.691. The van der Waals surface area contributed by atoms with Crippen molar-refractivity contribution in [3.63, 3.8) is 0 Å². The molecular weight excluding hydrogens is 599 g/mol. The topological polar surface area (TPSA) is 0 Å². The number of hydrogen-bond donors (Lipinski definition) is 0. The summed E-state index contributed by atoms with van der Waals surface area (Å²) < 4.78 is 3.66. The summed E-state index contributed by atoms with van der Waals surface area (Å²) in [6.45, 7) is 0. The van der Waals surface area contributed by atoms with E-state index in [4.69, 9.17) is 23.2 Å². The van der Waals surface area contributed by atoms with Crippen LogP contribution in [0.1, 0.15) is 0 Å². The van der Waals surface area contributed by atoms with Gasteiger partial charge in [0.05, 0.1) is 10.0 Å². The summed E-state index contributed by atoms with van der Waals surface area (Å²) in [7, 11) is 3.12. The third kappa shape index (κ3) is 4.57. The molecule has 0 aromatic heterocycles. The molecular formula is C12H4Br4Cl2S2. The van der Waals surface area contributed by atoms with Crippen molar-refractivity contribution in [2.75, 3.05) is 0 Å². The van der Waals surface area contributed by atoms with Gasteiger partial charge >= 0.3 is 0 Å². The maximum Gasteiger partial charge on any atom is 0.0693 e. The van der Waals surface area contributed by atoms with Gasteiger partial charge in [-0.1, -0.05) is 76.6 Å². The highest BCUT2D eigenvalue weighted by Gasteiger charge is 2.11. The summed E-state index contributed by atoms with van der Waals surface area (Å²) in [5.41, 5.74) is 0. The molecule has 2 aromatic rings. The molecule has 0 radical (unpaired) electrons. The van der Waals surface area contributed by atoms with E-state index in [9.17, 15) is 0 Å². The molecule has 0 bridgehead atoms. The minimum atomic E-state index is 0.691. The first kappa shape index (κ1) is 18.0. The van der Waals surface area contributed by atoms with E-state index in [1.807, 2.05) is 24.3 Å². The Hall–Kier alpha value is 1.64. The highest BCUT2D eigenvalue weighted by atomic mass is 79.9. The highest BCUT2D eigenvalue weighted by molar-refractivity contribution is 9.11. The van der Waals surface area contributed by atoms with Gasteiger partial charge < -0.3 is 0 Å². The Morgan fingerprint density at radius 1 is 0.650 bits per heavy atom. The molecule has 0 aliphatic rings. The zero-order valence-electron chi connectivity index (χ0n) is 9.39. The highest BCUT2D eigenvalue weighted by Crippen LogP contribution is 2.47. The van der Waals surface area contributed by atoms with E-state index in [2.05, 4.69) is 63.7 Å². The van der Waals surface area contributed by atoms with Crippen molar-refractivity contribution in [1.82, 2.24) is 0 Å². The van der Waals surface area contributed by atoms with Crippen LogP contribution in [0.15, 0.2) is 51.9 Å². The Morgan fingerprint density at radius 3 is 1.35 bits per heavy atom. The molecule has 2 aromatic carbocycles. The second kappa shape index (κ2) is 7.95. The molecule has 0 aliphatic carbocycles. The van der Waals surface area contributed by atoms with Crippen LogP contribution in [0.25, 0.3) is 0 Å². The predicted octanol–water partition coefficient (Wildman–Crippen LogP) is 8.84. The lowest BCUT2D eigenvalue weighted by atomic mass is 10.4. The molecule has 106 valence electrons. The standard InChI is InChI=1S/C12H4Br4Cl2S2/c13-5-1-7(15)11(17)9(3-5)19-20-10-4-6(14)2-8(16)12(10)18/h1-4H. The Kier molecular flexibility index (Phi) is 7.15. The van der Waals surface area contributed by atoms with Gasteiger partial charge in [-0.15, -0.1) is 0 Å². The Morgan fingerprint density at radius 2 is 1.00 bits per heavy atom. The molecule has 0 fully saturated rings. The van der Waals surface area contributed by atoms with Gasteiger partial charge in [0.2, 0.25) is 0 Å². The van der Waals surface area contributed by atoms with E-state index >= 15 is 0 Å². The van der Waals surface area contributed by atoms with Gasteiger partial charge in [-0.2, -0.15) is 0 Å². The Bertz CT molecular complexity index is 607. The van der Waals surface area contributed by atoms with E-state index in [1.165, 1.54) is 0 Å². The SMILES string of the molecule is Clc1c(Br)cc(Br)cc1SSc1cc(Br)cc(Br)c1Cl. The average molecular weight is 603 g/mol. The summed E-state index contributed by atoms with van der Waals surface area (Å²) in [6.07, 6.45) is 0. The van der Waals surface area contributed by atoms with Gasteiger partial charge in [-0.3, -0.25) is 0 Å². The van der Waals surface area contributed by atoms with Crippen LogP contribution in [0, 0.1) is 0 Å². The molecule has 0 saturated carbocycles. The molecule has 2 rings (SSSR count). The summed E-state index contributed by atoms with van der Waals surface area (Å²) in [5, 5.41) is 1.38. The lowest BCUT2D eigenvalue weighted by Crippen LogP contribution is -1.79. The fourth-order valence-electron chi connectivity index (χ4n) is 1.28. The zero-order chi connectivity index (χ0) is 14.9. The minimum Gasteiger partial charge on any atom is -0.0818 e. The molecule has 0 heterocycles. The number of halogens is 6. The van der Waals surface area contributed by atoms with Crippen LogP contribution in [-0.2, 0) is 0 Å². The monoisotopic (exact) mass is 598 g/mol. The van der Waals surface area contributed by atoms with Crippen molar-refractivity contribution in [2.24, 2.45) is 0 Å². The van der Waals surface area contributed by atoms with Gasteiger partial charge in [-0.25, -0.2) is 0 Å². The van der Waals surface area contributed by atoms with Crippen LogP contribution in [0.2, 0.25) is 10.0 Å². The second-order valence-electron chi connectivity index (χ2n) is 3.57. The van der Waals surface area contributed by atoms with Crippen molar-refractivity contribution in [3.8, 4) is 0 Å². The fraction of sp³-hybridized carbons (Fsp3) is 0. The number of hydrogen-bond acceptors (Lipinski definition) is 2. The molecule has 0 spiro atoms. The van der Waals surface area contributed by atoms with Crippen LogP contribution in [0.4, 0.5) is 0 Å². The molecule has 8 heteroatoms. The first-order chi connectivity index (χ1) is 9.38. The molecule has 0 N–H and O–H groups in total. The van der Waals surface area contributed by atoms with Crippen LogP contribution < -0.4 is 0 Å². The van der Waals surface area contributed by atoms with Crippen molar-refractivity contribution in [3.05, 3.63) is 52.2 Å². The normalized spacial score (nSPS) is 10.9. The third-order valence-corrected chi connectivity index (χ3v) is 8.22. The molecule has 0 atom stereocenters. The Balaban J connectivity index is 2.26. The quantitative estimate of drug-likeness (QED) is 0.254. The van der Waals surface area contributed by atoms with Gasteiger partial charge in [0, 0.05) is 27.7 Å². The zero-order valence-corrected chi connectivity index (χ0v) is 18.9. The number of benzene rings is 2. The summed E-state index contributed by atoms with van der Waals surface area (Å²) >= 11 is 26.3. The van der Waals surface area contributed by atoms with Gasteiger partial charge in [-0.05, 0) is 56.1 Å². The van der Waals surface area contributed by atoms with E-state index < -0.39 is 0 Å². The van der Waals surface area contributed by atoms with Crippen LogP contribution in [0.5, 0.6) is 0 Å². The molecule has 0 unspecified atom stereocenters. The van der Waals surface area contributed by atoms with Gasteiger partial charge in [0.15, 0.2) is 0 Å². The lowest BCUT2D eigenvalue weighted by molar-refractivity contribution is 1.41. The second-order valence-corrected chi connectivity index (χ2v) is 10.1. The van der Waals surface area contributed by atoms with Crippen LogP contribution >= 0.6 is 109 Å². The Labute approximate surface area is 168 Å². The smallest absolute Gasteiger partial charge is 0.0693 e. The number of rotatable bonds is 3. The van der Waals surface area contributed by atoms with E-state index in [1.54, 1.807) is 21.6 Å². The van der Waals surface area contributed by atoms with E-state index in [0.29, 0.717) is 10.0 Å². The van der Waals surface area contributed by atoms with Crippen molar-refractivity contribution >= 4 is 109 Å². The molecule has 0 nitrogen and oxygen atoms in total. The van der Waals surface area contributed by atoms with Crippen LogP contribution in [-0.4, -0.2) is 0 Å². The summed E-state index contributed by atoms with van der Waals surface area (Å²) in [4.78, 5) is 1.93. The van der Waals surface area contributed by atoms with E-state index in [-0.39, 0.29) is 0 Å². The van der Waals surface area contributed by atoms with Crippen molar-refractivity contribution < 1.29 is 0 Å². The first-order valence-corrected chi connectivity index (χ1v) is 11.1.